The van der Waals surface area contributed by atoms with Crippen molar-refractivity contribution in [2.75, 3.05) is 13.3 Å². The fraction of sp³-hybridized carbons (Fsp3) is 0.364. The minimum absolute atomic E-state index is 0.113. The quantitative estimate of drug-likeness (QED) is 0.563. The second kappa shape index (κ2) is 8.92. The lowest BCUT2D eigenvalue weighted by molar-refractivity contribution is 0.334. The van der Waals surface area contributed by atoms with Crippen LogP contribution in [0.1, 0.15) is 37.3 Å². The van der Waals surface area contributed by atoms with E-state index in [0.29, 0.717) is 16.8 Å². The van der Waals surface area contributed by atoms with Crippen LogP contribution < -0.4 is 4.72 Å². The van der Waals surface area contributed by atoms with Gasteiger partial charge in [-0.05, 0) is 43.2 Å². The molecular weight excluding hydrogens is 441 g/mol. The molecule has 6 nitrogen and oxygen atoms in total. The minimum atomic E-state index is -4.17. The van der Waals surface area contributed by atoms with Crippen LogP contribution >= 0.6 is 0 Å². The summed E-state index contributed by atoms with van der Waals surface area (Å²) in [7, 11) is -4.17. The van der Waals surface area contributed by atoms with Crippen LogP contribution in [0.5, 0.6) is 0 Å². The first-order valence-corrected chi connectivity index (χ1v) is 11.7. The summed E-state index contributed by atoms with van der Waals surface area (Å²) in [4.78, 5) is 4.01. The predicted molar refractivity (Wildman–Crippen MR) is 113 cm³/mol. The van der Waals surface area contributed by atoms with Crippen LogP contribution in [-0.4, -0.2) is 37.4 Å². The highest BCUT2D eigenvalue weighted by atomic mass is 32.2. The monoisotopic (exact) mass is 462 g/mol. The van der Waals surface area contributed by atoms with E-state index in [1.165, 1.54) is 24.3 Å². The summed E-state index contributed by atoms with van der Waals surface area (Å²) in [6.45, 7) is -2.35. The Morgan fingerprint density at radius 1 is 1.19 bits per heavy atom. The zero-order chi connectivity index (χ0) is 22.9. The molecule has 2 heterocycles. The van der Waals surface area contributed by atoms with Crippen LogP contribution in [0.4, 0.5) is 13.2 Å². The molecule has 1 fully saturated rings. The second-order valence-corrected chi connectivity index (χ2v) is 9.53. The van der Waals surface area contributed by atoms with E-state index in [0.717, 1.165) is 37.4 Å². The average molecular weight is 462 g/mol. The Bertz CT molecular complexity index is 1270. The molecule has 0 aliphatic heterocycles. The Hall–Kier alpha value is -2.90. The number of alkyl halides is 2. The molecule has 0 atom stereocenters. The summed E-state index contributed by atoms with van der Waals surface area (Å²) in [5.41, 5.74) is 1.85. The molecule has 1 aliphatic carbocycles. The molecule has 168 valence electrons. The third-order valence-corrected chi connectivity index (χ3v) is 7.26. The number of fused-ring (bicyclic) bond motifs is 1. The fourth-order valence-electron chi connectivity index (χ4n) is 4.26. The number of nitriles is 1. The van der Waals surface area contributed by atoms with Crippen LogP contribution in [-0.2, 0) is 10.0 Å². The van der Waals surface area contributed by atoms with Crippen LogP contribution in [0.25, 0.3) is 22.3 Å². The molecular formula is C22H21F3N4O2S. The highest BCUT2D eigenvalue weighted by Gasteiger charge is 2.28. The van der Waals surface area contributed by atoms with E-state index in [2.05, 4.69) is 11.1 Å². The molecule has 0 saturated heterocycles. The van der Waals surface area contributed by atoms with Gasteiger partial charge >= 0.3 is 0 Å². The molecule has 32 heavy (non-hydrogen) atoms. The number of benzene rings is 1. The van der Waals surface area contributed by atoms with Crippen molar-refractivity contribution in [3.05, 3.63) is 47.9 Å². The summed E-state index contributed by atoms with van der Waals surface area (Å²) in [5.74, 6) is -0.458. The molecule has 1 N–H and O–H groups in total. The highest BCUT2D eigenvalue weighted by Crippen LogP contribution is 2.41. The Kier molecular flexibility index (Phi) is 6.22. The standard InChI is InChI=1S/C22H21F3N4O2S/c23-10-15(11-24)28-32(30,31)17-6-7-20(27-13-17)22-19(12-26)18-9-14(25)5-8-21(18)29(22)16-3-1-2-4-16/h5-9,13,15-16,28H,1-4,10-11H2. The van der Waals surface area contributed by atoms with Crippen molar-refractivity contribution >= 4 is 20.9 Å². The van der Waals surface area contributed by atoms with E-state index in [-0.39, 0.29) is 16.5 Å². The third-order valence-electron chi connectivity index (χ3n) is 5.75. The molecule has 3 aromatic rings. The topological polar surface area (TPSA) is 87.8 Å². The number of halogens is 3. The Balaban J connectivity index is 1.83. The summed E-state index contributed by atoms with van der Waals surface area (Å²) >= 11 is 0. The van der Waals surface area contributed by atoms with Gasteiger partial charge in [-0.15, -0.1) is 0 Å². The maximum absolute atomic E-state index is 14.0. The molecule has 1 aliphatic rings. The Morgan fingerprint density at radius 3 is 2.50 bits per heavy atom. The van der Waals surface area contributed by atoms with E-state index in [1.807, 2.05) is 9.29 Å². The van der Waals surface area contributed by atoms with Crippen LogP contribution in [0, 0.1) is 17.1 Å². The van der Waals surface area contributed by atoms with Gasteiger partial charge in [0.1, 0.15) is 30.1 Å². The third kappa shape index (κ3) is 3.98. The van der Waals surface area contributed by atoms with Crippen LogP contribution in [0.3, 0.4) is 0 Å². The summed E-state index contributed by atoms with van der Waals surface area (Å²) in [5, 5.41) is 10.3. The van der Waals surface area contributed by atoms with Crippen LogP contribution in [0.2, 0.25) is 0 Å². The van der Waals surface area contributed by atoms with Crippen molar-refractivity contribution in [2.45, 2.75) is 42.7 Å². The van der Waals surface area contributed by atoms with Crippen LogP contribution in [0.15, 0.2) is 41.4 Å². The number of hydrogen-bond donors (Lipinski definition) is 1. The van der Waals surface area contributed by atoms with Gasteiger partial charge in [-0.25, -0.2) is 26.3 Å². The number of rotatable bonds is 7. The molecule has 4 rings (SSSR count). The van der Waals surface area contributed by atoms with Crippen molar-refractivity contribution in [1.82, 2.24) is 14.3 Å². The van der Waals surface area contributed by atoms with E-state index in [1.54, 1.807) is 6.07 Å². The van der Waals surface area contributed by atoms with Gasteiger partial charge in [0.25, 0.3) is 0 Å². The maximum atomic E-state index is 14.0. The van der Waals surface area contributed by atoms with Crippen molar-refractivity contribution in [2.24, 2.45) is 0 Å². The average Bonchev–Trinajstić information content (AvgIpc) is 3.43. The predicted octanol–water partition coefficient (Wildman–Crippen LogP) is 4.42. The van der Waals surface area contributed by atoms with Gasteiger partial charge in [-0.3, -0.25) is 4.98 Å². The van der Waals surface area contributed by atoms with E-state index in [4.69, 9.17) is 0 Å². The lowest BCUT2D eigenvalue weighted by Gasteiger charge is -2.18. The second-order valence-electron chi connectivity index (χ2n) is 7.81. The molecule has 1 aromatic carbocycles. The molecule has 0 amide bonds. The number of aromatic nitrogens is 2. The SMILES string of the molecule is N#Cc1c(-c2ccc(S(=O)(=O)NC(CF)CF)cn2)n(C2CCCC2)c2ccc(F)cc12. The van der Waals surface area contributed by atoms with Crippen molar-refractivity contribution in [1.29, 1.82) is 5.26 Å². The summed E-state index contributed by atoms with van der Waals surface area (Å²) < 4.78 is 68.2. The first-order chi connectivity index (χ1) is 15.4. The fourth-order valence-corrected chi connectivity index (χ4v) is 5.40. The lowest BCUT2D eigenvalue weighted by atomic mass is 10.1. The van der Waals surface area contributed by atoms with Gasteiger partial charge in [0.15, 0.2) is 0 Å². The maximum Gasteiger partial charge on any atom is 0.242 e. The Morgan fingerprint density at radius 2 is 1.91 bits per heavy atom. The van der Waals surface area contributed by atoms with Gasteiger partial charge in [-0.2, -0.15) is 5.26 Å². The van der Waals surface area contributed by atoms with Gasteiger partial charge in [0.05, 0.1) is 28.5 Å². The summed E-state index contributed by atoms with van der Waals surface area (Å²) in [6, 6.07) is 7.83. The van der Waals surface area contributed by atoms with Crippen molar-refractivity contribution in [3.63, 3.8) is 0 Å². The van der Waals surface area contributed by atoms with Gasteiger partial charge in [-0.1, -0.05) is 12.8 Å². The highest BCUT2D eigenvalue weighted by molar-refractivity contribution is 7.89. The number of hydrogen-bond acceptors (Lipinski definition) is 4. The normalized spacial score (nSPS) is 15.0. The molecule has 0 radical (unpaired) electrons. The molecule has 0 unspecified atom stereocenters. The Labute approximate surface area is 183 Å². The first-order valence-electron chi connectivity index (χ1n) is 10.2. The van der Waals surface area contributed by atoms with E-state index < -0.39 is 35.2 Å². The zero-order valence-corrected chi connectivity index (χ0v) is 17.9. The molecule has 0 bridgehead atoms. The molecule has 1 saturated carbocycles. The van der Waals surface area contributed by atoms with Gasteiger partial charge in [0, 0.05) is 17.6 Å². The molecule has 10 heteroatoms. The number of pyridine rings is 1. The van der Waals surface area contributed by atoms with Gasteiger partial charge < -0.3 is 4.57 Å². The zero-order valence-electron chi connectivity index (χ0n) is 17.1. The summed E-state index contributed by atoms with van der Waals surface area (Å²) in [6.07, 6.45) is 4.97. The number of sulfonamides is 1. The number of nitrogens with one attached hydrogen (secondary N) is 1. The van der Waals surface area contributed by atoms with E-state index in [9.17, 15) is 26.9 Å². The molecule has 2 aromatic heterocycles. The number of nitrogens with zero attached hydrogens (tertiary/aromatic N) is 3. The lowest BCUT2D eigenvalue weighted by Crippen LogP contribution is -2.37. The smallest absolute Gasteiger partial charge is 0.242 e. The first kappa shape index (κ1) is 22.3. The van der Waals surface area contributed by atoms with Crippen molar-refractivity contribution < 1.29 is 21.6 Å². The largest absolute Gasteiger partial charge is 0.335 e. The van der Waals surface area contributed by atoms with E-state index >= 15 is 0 Å². The van der Waals surface area contributed by atoms with Crippen molar-refractivity contribution in [3.8, 4) is 17.5 Å². The molecule has 0 spiro atoms. The minimum Gasteiger partial charge on any atom is -0.335 e. The van der Waals surface area contributed by atoms with Gasteiger partial charge in [0.2, 0.25) is 10.0 Å².